The Morgan fingerprint density at radius 1 is 0.960 bits per heavy atom. The molecule has 0 saturated heterocycles. The maximum atomic E-state index is 5.91. The number of aliphatic imine (C=N–C) groups is 1. The highest BCUT2D eigenvalue weighted by atomic mass is 35.5. The summed E-state index contributed by atoms with van der Waals surface area (Å²) in [4.78, 5) is 4.84. The molecule has 130 valence electrons. The Hall–Kier alpha value is -2.33. The lowest BCUT2D eigenvalue weighted by atomic mass is 9.96. The maximum Gasteiger partial charge on any atom is 0.216 e. The molecule has 0 atom stereocenters. The van der Waals surface area contributed by atoms with Crippen molar-refractivity contribution in [3.63, 3.8) is 0 Å². The molecule has 0 spiro atoms. The van der Waals surface area contributed by atoms with E-state index in [4.69, 9.17) is 16.6 Å². The van der Waals surface area contributed by atoms with Crippen LogP contribution in [0.1, 0.15) is 37.7 Å². The average molecular weight is 355 g/mol. The third-order valence-electron chi connectivity index (χ3n) is 4.18. The highest BCUT2D eigenvalue weighted by Crippen LogP contribution is 2.20. The largest absolute Gasteiger partial charge is 0.325 e. The molecular formula is C20H23ClN4. The maximum absolute atomic E-state index is 5.91. The van der Waals surface area contributed by atoms with Crippen LogP contribution in [0.2, 0.25) is 5.02 Å². The Morgan fingerprint density at radius 2 is 1.68 bits per heavy atom. The van der Waals surface area contributed by atoms with E-state index in [0.717, 1.165) is 29.1 Å². The third-order valence-corrected chi connectivity index (χ3v) is 4.43. The van der Waals surface area contributed by atoms with Crippen LogP contribution in [0, 0.1) is 0 Å². The molecule has 0 bridgehead atoms. The Balaban J connectivity index is 1.68. The number of hydrogen-bond acceptors (Lipinski definition) is 2. The Bertz CT molecular complexity index is 704. The molecule has 5 heteroatoms. The molecule has 2 aromatic carbocycles. The molecule has 2 aromatic rings. The van der Waals surface area contributed by atoms with Gasteiger partial charge in [-0.25, -0.2) is 10.4 Å². The zero-order valence-corrected chi connectivity index (χ0v) is 14.9. The highest BCUT2D eigenvalue weighted by Gasteiger charge is 2.13. The van der Waals surface area contributed by atoms with Crippen LogP contribution in [0.5, 0.6) is 0 Å². The van der Waals surface area contributed by atoms with Gasteiger partial charge in [0.25, 0.3) is 0 Å². The summed E-state index contributed by atoms with van der Waals surface area (Å²) in [5, 5.41) is 8.37. The smallest absolute Gasteiger partial charge is 0.216 e. The lowest BCUT2D eigenvalue weighted by Crippen LogP contribution is -2.29. The van der Waals surface area contributed by atoms with Gasteiger partial charge in [0.05, 0.1) is 12.3 Å². The summed E-state index contributed by atoms with van der Waals surface area (Å²) in [6.07, 6.45) is 7.86. The number of nitrogens with one attached hydrogen (secondary N) is 2. The first-order chi connectivity index (χ1) is 12.3. The van der Waals surface area contributed by atoms with Gasteiger partial charge < -0.3 is 5.32 Å². The van der Waals surface area contributed by atoms with Gasteiger partial charge in [0, 0.05) is 10.7 Å². The number of rotatable bonds is 4. The van der Waals surface area contributed by atoms with Crippen LogP contribution in [-0.2, 0) is 0 Å². The van der Waals surface area contributed by atoms with Crippen molar-refractivity contribution in [2.75, 3.05) is 5.32 Å². The van der Waals surface area contributed by atoms with Crippen molar-refractivity contribution in [1.82, 2.24) is 5.43 Å². The zero-order chi connectivity index (χ0) is 17.3. The van der Waals surface area contributed by atoms with Crippen LogP contribution >= 0.6 is 11.6 Å². The lowest BCUT2D eigenvalue weighted by Gasteiger charge is -2.19. The first-order valence-electron chi connectivity index (χ1n) is 8.74. The number of anilines is 1. The Morgan fingerprint density at radius 3 is 2.40 bits per heavy atom. The van der Waals surface area contributed by atoms with Gasteiger partial charge in [-0.1, -0.05) is 61.2 Å². The van der Waals surface area contributed by atoms with Gasteiger partial charge >= 0.3 is 0 Å². The van der Waals surface area contributed by atoms with E-state index in [1.54, 1.807) is 6.21 Å². The number of hydrazone groups is 1. The van der Waals surface area contributed by atoms with Crippen molar-refractivity contribution in [1.29, 1.82) is 0 Å². The van der Waals surface area contributed by atoms with Gasteiger partial charge in [0.2, 0.25) is 5.96 Å². The van der Waals surface area contributed by atoms with Gasteiger partial charge in [-0.05, 0) is 42.7 Å². The van der Waals surface area contributed by atoms with Crippen LogP contribution in [0.4, 0.5) is 5.69 Å². The third kappa shape index (κ3) is 5.91. The van der Waals surface area contributed by atoms with E-state index in [-0.39, 0.29) is 0 Å². The van der Waals surface area contributed by atoms with E-state index >= 15 is 0 Å². The summed E-state index contributed by atoms with van der Waals surface area (Å²) >= 11 is 5.91. The number of halogens is 1. The molecule has 0 heterocycles. The van der Waals surface area contributed by atoms with Gasteiger partial charge in [-0.15, -0.1) is 0 Å². The van der Waals surface area contributed by atoms with Crippen molar-refractivity contribution in [2.24, 2.45) is 10.1 Å². The van der Waals surface area contributed by atoms with E-state index in [9.17, 15) is 0 Å². The number of hydrogen-bond donors (Lipinski definition) is 2. The van der Waals surface area contributed by atoms with Crippen LogP contribution in [0.3, 0.4) is 0 Å². The Labute approximate surface area is 154 Å². The molecule has 1 saturated carbocycles. The molecular weight excluding hydrogens is 332 g/mol. The van der Waals surface area contributed by atoms with E-state index in [1.807, 2.05) is 54.6 Å². The first-order valence-corrected chi connectivity index (χ1v) is 9.12. The summed E-state index contributed by atoms with van der Waals surface area (Å²) in [5.74, 6) is 0.684. The minimum Gasteiger partial charge on any atom is -0.325 e. The van der Waals surface area contributed by atoms with Crippen molar-refractivity contribution < 1.29 is 0 Å². The quantitative estimate of drug-likeness (QED) is 0.457. The lowest BCUT2D eigenvalue weighted by molar-refractivity contribution is 0.442. The van der Waals surface area contributed by atoms with Crippen molar-refractivity contribution in [3.05, 3.63) is 65.2 Å². The van der Waals surface area contributed by atoms with Crippen LogP contribution in [0.25, 0.3) is 0 Å². The summed E-state index contributed by atoms with van der Waals surface area (Å²) < 4.78 is 0. The molecule has 3 rings (SSSR count). The second-order valence-corrected chi connectivity index (χ2v) is 6.62. The monoisotopic (exact) mass is 354 g/mol. The average Bonchev–Trinajstić information content (AvgIpc) is 2.65. The summed E-state index contributed by atoms with van der Waals surface area (Å²) in [6.45, 7) is 0. The van der Waals surface area contributed by atoms with Crippen molar-refractivity contribution in [3.8, 4) is 0 Å². The number of para-hydroxylation sites is 1. The van der Waals surface area contributed by atoms with Gasteiger partial charge in [0.15, 0.2) is 0 Å². The molecule has 1 aliphatic rings. The van der Waals surface area contributed by atoms with Crippen molar-refractivity contribution in [2.45, 2.75) is 38.1 Å². The number of nitrogens with zero attached hydrogens (tertiary/aromatic N) is 2. The molecule has 0 aromatic heterocycles. The SMILES string of the molecule is Clc1ccc(/C=N/NC(=NC2CCCCC2)Nc2ccccc2)cc1. The predicted molar refractivity (Wildman–Crippen MR) is 107 cm³/mol. The van der Waals surface area contributed by atoms with Crippen LogP contribution < -0.4 is 10.7 Å². The standard InChI is InChI=1S/C20H23ClN4/c21-17-13-11-16(12-14-17)15-22-25-20(23-18-7-3-1-4-8-18)24-19-9-5-2-6-10-19/h1,3-4,7-8,11-15,19H,2,5-6,9-10H2,(H2,23,24,25)/b22-15+. The molecule has 0 radical (unpaired) electrons. The fourth-order valence-electron chi connectivity index (χ4n) is 2.86. The highest BCUT2D eigenvalue weighted by molar-refractivity contribution is 6.30. The minimum absolute atomic E-state index is 0.359. The summed E-state index contributed by atoms with van der Waals surface area (Å²) in [6, 6.07) is 17.9. The molecule has 25 heavy (non-hydrogen) atoms. The van der Waals surface area contributed by atoms with Gasteiger partial charge in [-0.2, -0.15) is 5.10 Å². The molecule has 0 aliphatic heterocycles. The molecule has 2 N–H and O–H groups in total. The van der Waals surface area contributed by atoms with E-state index < -0.39 is 0 Å². The van der Waals surface area contributed by atoms with Crippen molar-refractivity contribution >= 4 is 29.5 Å². The van der Waals surface area contributed by atoms with E-state index in [1.165, 1.54) is 19.3 Å². The van der Waals surface area contributed by atoms with Crippen LogP contribution in [0.15, 0.2) is 64.7 Å². The number of guanidine groups is 1. The van der Waals surface area contributed by atoms with E-state index in [0.29, 0.717) is 12.0 Å². The topological polar surface area (TPSA) is 48.8 Å². The molecule has 0 unspecified atom stereocenters. The molecule has 4 nitrogen and oxygen atoms in total. The zero-order valence-electron chi connectivity index (χ0n) is 14.2. The number of benzene rings is 2. The second-order valence-electron chi connectivity index (χ2n) is 6.18. The first kappa shape index (κ1) is 17.5. The minimum atomic E-state index is 0.359. The fourth-order valence-corrected chi connectivity index (χ4v) is 2.98. The summed E-state index contributed by atoms with van der Waals surface area (Å²) in [5.41, 5.74) is 5.03. The van der Waals surface area contributed by atoms with E-state index in [2.05, 4.69) is 15.8 Å². The van der Waals surface area contributed by atoms with Crippen LogP contribution in [-0.4, -0.2) is 18.2 Å². The molecule has 1 aliphatic carbocycles. The van der Waals surface area contributed by atoms with Gasteiger partial charge in [0.1, 0.15) is 0 Å². The molecule has 1 fully saturated rings. The fraction of sp³-hybridized carbons (Fsp3) is 0.300. The predicted octanol–water partition coefficient (Wildman–Crippen LogP) is 5.06. The van der Waals surface area contributed by atoms with Gasteiger partial charge in [-0.3, -0.25) is 0 Å². The summed E-state index contributed by atoms with van der Waals surface area (Å²) in [7, 11) is 0. The normalized spacial score (nSPS) is 16.1. The molecule has 0 amide bonds. The second kappa shape index (κ2) is 9.23. The Kier molecular flexibility index (Phi) is 6.46.